The van der Waals surface area contributed by atoms with Crippen molar-refractivity contribution in [2.45, 2.75) is 12.5 Å². The molecule has 7 heteroatoms. The fourth-order valence-corrected chi connectivity index (χ4v) is 1.83. The summed E-state index contributed by atoms with van der Waals surface area (Å²) in [4.78, 5) is 13.2. The lowest BCUT2D eigenvalue weighted by Crippen LogP contribution is -2.32. The van der Waals surface area contributed by atoms with Crippen molar-refractivity contribution in [1.82, 2.24) is 4.90 Å². The highest BCUT2D eigenvalue weighted by Crippen LogP contribution is 2.17. The zero-order valence-corrected chi connectivity index (χ0v) is 10.1. The molecule has 0 aromatic heterocycles. The SMILES string of the molecule is Cl.NC1CCN(C(=O)c2cc(F)c(F)c(F)c2)C1. The number of nitrogens with two attached hydrogens (primary N) is 1. The van der Waals surface area contributed by atoms with Gasteiger partial charge in [0, 0.05) is 24.7 Å². The van der Waals surface area contributed by atoms with Crippen molar-refractivity contribution in [3.05, 3.63) is 35.1 Å². The number of halogens is 4. The number of hydrogen-bond acceptors (Lipinski definition) is 2. The molecule has 0 radical (unpaired) electrons. The maximum absolute atomic E-state index is 13.0. The van der Waals surface area contributed by atoms with E-state index in [1.807, 2.05) is 0 Å². The van der Waals surface area contributed by atoms with E-state index in [1.54, 1.807) is 0 Å². The van der Waals surface area contributed by atoms with Gasteiger partial charge in [0.15, 0.2) is 17.5 Å². The standard InChI is InChI=1S/C11H11F3N2O.ClH/c12-8-3-6(4-9(13)10(8)14)11(17)16-2-1-7(15)5-16;/h3-4,7H,1-2,5,15H2;1H. The van der Waals surface area contributed by atoms with Crippen LogP contribution < -0.4 is 5.73 Å². The third-order valence-electron chi connectivity index (χ3n) is 2.74. The number of carbonyl (C=O) groups is 1. The fraction of sp³-hybridized carbons (Fsp3) is 0.364. The second-order valence-corrected chi connectivity index (χ2v) is 4.05. The van der Waals surface area contributed by atoms with E-state index in [-0.39, 0.29) is 24.0 Å². The van der Waals surface area contributed by atoms with E-state index in [2.05, 4.69) is 0 Å². The first-order valence-corrected chi connectivity index (χ1v) is 5.18. The number of likely N-dealkylation sites (tertiary alicyclic amines) is 1. The summed E-state index contributed by atoms with van der Waals surface area (Å²) in [6.45, 7) is 0.792. The van der Waals surface area contributed by atoms with Crippen LogP contribution in [-0.2, 0) is 0 Å². The molecule has 1 unspecified atom stereocenters. The Labute approximate surface area is 108 Å². The molecule has 100 valence electrons. The highest BCUT2D eigenvalue weighted by Gasteiger charge is 2.26. The molecular formula is C11H12ClF3N2O. The Kier molecular flexibility index (Phi) is 4.59. The molecule has 0 bridgehead atoms. The lowest BCUT2D eigenvalue weighted by atomic mass is 10.2. The van der Waals surface area contributed by atoms with Gasteiger partial charge < -0.3 is 10.6 Å². The van der Waals surface area contributed by atoms with Crippen molar-refractivity contribution in [3.8, 4) is 0 Å². The summed E-state index contributed by atoms with van der Waals surface area (Å²) in [5.41, 5.74) is 5.42. The van der Waals surface area contributed by atoms with Crippen molar-refractivity contribution in [2.24, 2.45) is 5.73 Å². The van der Waals surface area contributed by atoms with Gasteiger partial charge in [0.25, 0.3) is 5.91 Å². The van der Waals surface area contributed by atoms with Crippen LogP contribution in [0.25, 0.3) is 0 Å². The Hall–Kier alpha value is -1.27. The molecule has 1 aromatic rings. The molecule has 1 fully saturated rings. The third-order valence-corrected chi connectivity index (χ3v) is 2.74. The third kappa shape index (κ3) is 2.76. The highest BCUT2D eigenvalue weighted by molar-refractivity contribution is 5.94. The summed E-state index contributed by atoms with van der Waals surface area (Å²) < 4.78 is 38.6. The smallest absolute Gasteiger partial charge is 0.254 e. The van der Waals surface area contributed by atoms with Crippen LogP contribution in [0.5, 0.6) is 0 Å². The summed E-state index contributed by atoms with van der Waals surface area (Å²) >= 11 is 0. The van der Waals surface area contributed by atoms with Crippen LogP contribution in [-0.4, -0.2) is 29.9 Å². The lowest BCUT2D eigenvalue weighted by Gasteiger charge is -2.15. The highest BCUT2D eigenvalue weighted by atomic mass is 35.5. The Morgan fingerprint density at radius 3 is 2.28 bits per heavy atom. The predicted molar refractivity (Wildman–Crippen MR) is 62.1 cm³/mol. The van der Waals surface area contributed by atoms with E-state index in [1.165, 1.54) is 4.90 Å². The van der Waals surface area contributed by atoms with Gasteiger partial charge in [-0.25, -0.2) is 13.2 Å². The van der Waals surface area contributed by atoms with Crippen molar-refractivity contribution in [3.63, 3.8) is 0 Å². The Balaban J connectivity index is 0.00000162. The van der Waals surface area contributed by atoms with Gasteiger partial charge in [-0.15, -0.1) is 12.4 Å². The van der Waals surface area contributed by atoms with Gasteiger partial charge in [-0.2, -0.15) is 0 Å². The molecule has 2 rings (SSSR count). The maximum Gasteiger partial charge on any atom is 0.254 e. The molecule has 1 atom stereocenters. The van der Waals surface area contributed by atoms with Gasteiger partial charge in [-0.3, -0.25) is 4.79 Å². The first kappa shape index (κ1) is 14.8. The zero-order chi connectivity index (χ0) is 12.6. The van der Waals surface area contributed by atoms with Crippen molar-refractivity contribution in [2.75, 3.05) is 13.1 Å². The summed E-state index contributed by atoms with van der Waals surface area (Å²) in [6, 6.07) is 1.28. The largest absolute Gasteiger partial charge is 0.337 e. The van der Waals surface area contributed by atoms with Crippen LogP contribution in [0.1, 0.15) is 16.8 Å². The zero-order valence-electron chi connectivity index (χ0n) is 9.33. The number of rotatable bonds is 1. The number of benzene rings is 1. The van der Waals surface area contributed by atoms with E-state index in [0.717, 1.165) is 0 Å². The predicted octanol–water partition coefficient (Wildman–Crippen LogP) is 1.70. The number of hydrogen-bond donors (Lipinski definition) is 1. The quantitative estimate of drug-likeness (QED) is 0.796. The van der Waals surface area contributed by atoms with Gasteiger partial charge in [-0.1, -0.05) is 0 Å². The van der Waals surface area contributed by atoms with Crippen molar-refractivity contribution < 1.29 is 18.0 Å². The Bertz CT molecular complexity index is 447. The molecule has 0 aliphatic carbocycles. The molecule has 1 saturated heterocycles. The summed E-state index contributed by atoms with van der Waals surface area (Å²) in [7, 11) is 0. The Morgan fingerprint density at radius 1 is 1.28 bits per heavy atom. The average Bonchev–Trinajstić information content (AvgIpc) is 2.71. The molecule has 1 aromatic carbocycles. The Morgan fingerprint density at radius 2 is 1.83 bits per heavy atom. The van der Waals surface area contributed by atoms with E-state index in [4.69, 9.17) is 5.73 Å². The minimum atomic E-state index is -1.57. The van der Waals surface area contributed by atoms with Crippen LogP contribution in [0.2, 0.25) is 0 Å². The minimum absolute atomic E-state index is 0. The van der Waals surface area contributed by atoms with Gasteiger partial charge >= 0.3 is 0 Å². The second-order valence-electron chi connectivity index (χ2n) is 4.05. The molecule has 1 aliphatic heterocycles. The number of amides is 1. The molecule has 1 amide bonds. The lowest BCUT2D eigenvalue weighted by molar-refractivity contribution is 0.0789. The van der Waals surface area contributed by atoms with Gasteiger partial charge in [0.1, 0.15) is 0 Å². The summed E-state index contributed by atoms with van der Waals surface area (Å²) in [6.07, 6.45) is 0.651. The molecule has 1 heterocycles. The minimum Gasteiger partial charge on any atom is -0.337 e. The van der Waals surface area contributed by atoms with Crippen molar-refractivity contribution in [1.29, 1.82) is 0 Å². The summed E-state index contributed by atoms with van der Waals surface area (Å²) in [5.74, 6) is -4.83. The van der Waals surface area contributed by atoms with E-state index in [9.17, 15) is 18.0 Å². The normalized spacial score (nSPS) is 18.7. The van der Waals surface area contributed by atoms with E-state index < -0.39 is 23.4 Å². The summed E-state index contributed by atoms with van der Waals surface area (Å²) in [5, 5.41) is 0. The van der Waals surface area contributed by atoms with Gasteiger partial charge in [0.05, 0.1) is 0 Å². The van der Waals surface area contributed by atoms with Crippen LogP contribution in [0.15, 0.2) is 12.1 Å². The molecular weight excluding hydrogens is 269 g/mol. The first-order valence-electron chi connectivity index (χ1n) is 5.18. The topological polar surface area (TPSA) is 46.3 Å². The molecule has 0 spiro atoms. The average molecular weight is 281 g/mol. The second kappa shape index (κ2) is 5.58. The van der Waals surface area contributed by atoms with E-state index >= 15 is 0 Å². The molecule has 2 N–H and O–H groups in total. The van der Waals surface area contributed by atoms with Gasteiger partial charge in [0.2, 0.25) is 0 Å². The number of carbonyl (C=O) groups excluding carboxylic acids is 1. The molecule has 1 aliphatic rings. The monoisotopic (exact) mass is 280 g/mol. The van der Waals surface area contributed by atoms with Crippen molar-refractivity contribution >= 4 is 18.3 Å². The van der Waals surface area contributed by atoms with Crippen LogP contribution >= 0.6 is 12.4 Å². The molecule has 0 saturated carbocycles. The van der Waals surface area contributed by atoms with E-state index in [0.29, 0.717) is 31.6 Å². The fourth-order valence-electron chi connectivity index (χ4n) is 1.83. The van der Waals surface area contributed by atoms with Gasteiger partial charge in [-0.05, 0) is 18.6 Å². The maximum atomic E-state index is 13.0. The van der Waals surface area contributed by atoms with Crippen LogP contribution in [0.4, 0.5) is 13.2 Å². The first-order chi connectivity index (χ1) is 7.99. The molecule has 3 nitrogen and oxygen atoms in total. The molecule has 18 heavy (non-hydrogen) atoms. The number of nitrogens with zero attached hydrogens (tertiary/aromatic N) is 1. The van der Waals surface area contributed by atoms with Crippen LogP contribution in [0.3, 0.4) is 0 Å². The van der Waals surface area contributed by atoms with Crippen LogP contribution in [0, 0.1) is 17.5 Å².